The quantitative estimate of drug-likeness (QED) is 0.656. The van der Waals surface area contributed by atoms with E-state index in [1.807, 2.05) is 0 Å². The van der Waals surface area contributed by atoms with Crippen molar-refractivity contribution in [2.24, 2.45) is 5.73 Å². The number of aliphatic hydroxyl groups is 1. The summed E-state index contributed by atoms with van der Waals surface area (Å²) in [7, 11) is 0. The van der Waals surface area contributed by atoms with Crippen LogP contribution in [0.3, 0.4) is 0 Å². The minimum atomic E-state index is -1.53. The van der Waals surface area contributed by atoms with Gasteiger partial charge in [0.15, 0.2) is 0 Å². The average Bonchev–Trinajstić information content (AvgIpc) is 2.33. The molecule has 0 saturated carbocycles. The molecule has 19 heavy (non-hydrogen) atoms. The molecule has 0 aliphatic carbocycles. The number of carbonyl (C=O) groups is 1. The van der Waals surface area contributed by atoms with Gasteiger partial charge in [0.2, 0.25) is 0 Å². The summed E-state index contributed by atoms with van der Waals surface area (Å²) in [5.41, 5.74) is 4.02. The number of nitrogens with two attached hydrogens (primary N) is 1. The van der Waals surface area contributed by atoms with Crippen LogP contribution >= 0.6 is 0 Å². The lowest BCUT2D eigenvalue weighted by atomic mass is 9.76. The lowest BCUT2D eigenvalue weighted by Crippen LogP contribution is -2.43. The van der Waals surface area contributed by atoms with Crippen LogP contribution in [0.2, 0.25) is 0 Å². The van der Waals surface area contributed by atoms with Gasteiger partial charge in [0.05, 0.1) is 0 Å². The van der Waals surface area contributed by atoms with E-state index in [4.69, 9.17) is 10.8 Å². The van der Waals surface area contributed by atoms with E-state index in [2.05, 4.69) is 0 Å². The molecule has 0 bridgehead atoms. The summed E-state index contributed by atoms with van der Waals surface area (Å²) >= 11 is 0. The zero-order valence-corrected chi connectivity index (χ0v) is 10.4. The predicted octanol–water partition coefficient (Wildman–Crippen LogP) is 1.41. The van der Waals surface area contributed by atoms with Gasteiger partial charge in [-0.2, -0.15) is 0 Å². The number of unbranched alkanes of at least 4 members (excludes halogenated alkanes) is 1. The van der Waals surface area contributed by atoms with Crippen LogP contribution in [0.25, 0.3) is 0 Å². The molecule has 0 radical (unpaired) electrons. The van der Waals surface area contributed by atoms with Crippen molar-refractivity contribution in [3.63, 3.8) is 0 Å². The smallest absolute Gasteiger partial charge is 0.315 e. The summed E-state index contributed by atoms with van der Waals surface area (Å²) in [6.07, 6.45) is 0.924. The molecule has 1 aromatic rings. The number of carboxylic acids is 1. The fourth-order valence-corrected chi connectivity index (χ4v) is 2.05. The zero-order valence-electron chi connectivity index (χ0n) is 10.4. The fourth-order valence-electron chi connectivity index (χ4n) is 2.05. The highest BCUT2D eigenvalue weighted by atomic mass is 19.1. The van der Waals surface area contributed by atoms with Gasteiger partial charge < -0.3 is 15.9 Å². The van der Waals surface area contributed by atoms with E-state index in [9.17, 15) is 18.7 Å². The van der Waals surface area contributed by atoms with Crippen LogP contribution in [-0.2, 0) is 10.2 Å². The standard InChI is InChI=1S/C13H17F2NO3/c14-10-5-9(6-11(15)7-10)13(8-16,12(18)19)3-1-2-4-17/h5-7,17H,1-4,8,16H2,(H,18,19). The normalized spacial score (nSPS) is 14.1. The Kier molecular flexibility index (Phi) is 5.38. The Morgan fingerprint density at radius 2 is 1.79 bits per heavy atom. The fraction of sp³-hybridized carbons (Fsp3) is 0.462. The Morgan fingerprint density at radius 3 is 2.21 bits per heavy atom. The second-order valence-electron chi connectivity index (χ2n) is 4.43. The third-order valence-corrected chi connectivity index (χ3v) is 3.18. The Morgan fingerprint density at radius 1 is 1.21 bits per heavy atom. The number of hydrogen-bond donors (Lipinski definition) is 3. The molecule has 4 N–H and O–H groups in total. The lowest BCUT2D eigenvalue weighted by Gasteiger charge is -2.28. The molecule has 1 atom stereocenters. The number of carboxylic acid groups (broad SMARTS) is 1. The third kappa shape index (κ3) is 3.48. The highest BCUT2D eigenvalue weighted by Gasteiger charge is 2.39. The van der Waals surface area contributed by atoms with Crippen LogP contribution in [0.1, 0.15) is 24.8 Å². The third-order valence-electron chi connectivity index (χ3n) is 3.18. The van der Waals surface area contributed by atoms with Crippen LogP contribution in [0.4, 0.5) is 8.78 Å². The minimum absolute atomic E-state index is 0.0120. The van der Waals surface area contributed by atoms with Crippen molar-refractivity contribution < 1.29 is 23.8 Å². The Hall–Kier alpha value is -1.53. The molecule has 0 amide bonds. The summed E-state index contributed by atoms with van der Waals surface area (Å²) in [6.45, 7) is -0.339. The molecule has 0 saturated heterocycles. The number of halogens is 2. The van der Waals surface area contributed by atoms with Gasteiger partial charge in [-0.15, -0.1) is 0 Å². The first kappa shape index (κ1) is 15.5. The van der Waals surface area contributed by atoms with Gasteiger partial charge in [0, 0.05) is 19.2 Å². The Bertz CT molecular complexity index is 433. The van der Waals surface area contributed by atoms with E-state index >= 15 is 0 Å². The van der Waals surface area contributed by atoms with E-state index in [1.165, 1.54) is 0 Å². The van der Waals surface area contributed by atoms with Crippen LogP contribution in [0.5, 0.6) is 0 Å². The molecule has 0 aliphatic heterocycles. The molecule has 0 aromatic heterocycles. The Labute approximate surface area is 109 Å². The van der Waals surface area contributed by atoms with Crippen molar-refractivity contribution in [2.45, 2.75) is 24.7 Å². The van der Waals surface area contributed by atoms with Gasteiger partial charge in [-0.25, -0.2) is 8.78 Å². The summed E-state index contributed by atoms with van der Waals surface area (Å²) < 4.78 is 26.5. The second-order valence-corrected chi connectivity index (χ2v) is 4.43. The maximum Gasteiger partial charge on any atom is 0.315 e. The van der Waals surface area contributed by atoms with Crippen molar-refractivity contribution in [3.8, 4) is 0 Å². The predicted molar refractivity (Wildman–Crippen MR) is 65.7 cm³/mol. The second kappa shape index (κ2) is 6.58. The van der Waals surface area contributed by atoms with Gasteiger partial charge in [-0.1, -0.05) is 0 Å². The van der Waals surface area contributed by atoms with Crippen LogP contribution in [-0.4, -0.2) is 29.3 Å². The van der Waals surface area contributed by atoms with Crippen molar-refractivity contribution >= 4 is 5.97 Å². The van der Waals surface area contributed by atoms with Crippen molar-refractivity contribution in [3.05, 3.63) is 35.4 Å². The molecule has 1 aromatic carbocycles. The van der Waals surface area contributed by atoms with E-state index in [0.29, 0.717) is 18.9 Å². The maximum absolute atomic E-state index is 13.2. The average molecular weight is 273 g/mol. The summed E-state index contributed by atoms with van der Waals surface area (Å²) in [6, 6.07) is 2.66. The number of rotatable bonds is 7. The van der Waals surface area contributed by atoms with Gasteiger partial charge in [0.1, 0.15) is 17.0 Å². The van der Waals surface area contributed by atoms with E-state index in [0.717, 1.165) is 12.1 Å². The van der Waals surface area contributed by atoms with E-state index in [-0.39, 0.29) is 25.1 Å². The van der Waals surface area contributed by atoms with Crippen molar-refractivity contribution in [1.29, 1.82) is 0 Å². The first-order valence-electron chi connectivity index (χ1n) is 5.97. The topological polar surface area (TPSA) is 83.5 Å². The molecular weight excluding hydrogens is 256 g/mol. The molecule has 0 fully saturated rings. The van der Waals surface area contributed by atoms with E-state index < -0.39 is 23.0 Å². The lowest BCUT2D eigenvalue weighted by molar-refractivity contribution is -0.143. The highest BCUT2D eigenvalue weighted by Crippen LogP contribution is 2.30. The number of aliphatic carboxylic acids is 1. The van der Waals surface area contributed by atoms with Gasteiger partial charge in [0.25, 0.3) is 0 Å². The molecule has 106 valence electrons. The largest absolute Gasteiger partial charge is 0.481 e. The Balaban J connectivity index is 3.17. The van der Waals surface area contributed by atoms with Crippen LogP contribution in [0.15, 0.2) is 18.2 Å². The van der Waals surface area contributed by atoms with Gasteiger partial charge in [-0.05, 0) is 37.0 Å². The molecule has 1 unspecified atom stereocenters. The number of aliphatic hydroxyl groups excluding tert-OH is 1. The van der Waals surface area contributed by atoms with Gasteiger partial charge in [-0.3, -0.25) is 4.79 Å². The molecule has 0 heterocycles. The van der Waals surface area contributed by atoms with Crippen molar-refractivity contribution in [1.82, 2.24) is 0 Å². The minimum Gasteiger partial charge on any atom is -0.481 e. The monoisotopic (exact) mass is 273 g/mol. The SMILES string of the molecule is NCC(CCCCO)(C(=O)O)c1cc(F)cc(F)c1. The molecule has 6 heteroatoms. The maximum atomic E-state index is 13.2. The van der Waals surface area contributed by atoms with Crippen LogP contribution in [0, 0.1) is 11.6 Å². The first-order valence-corrected chi connectivity index (χ1v) is 5.97. The highest BCUT2D eigenvalue weighted by molar-refractivity contribution is 5.81. The number of benzene rings is 1. The molecule has 0 spiro atoms. The van der Waals surface area contributed by atoms with Crippen molar-refractivity contribution in [2.75, 3.05) is 13.2 Å². The molecule has 0 aliphatic rings. The molecular formula is C13H17F2NO3. The molecule has 1 rings (SSSR count). The zero-order chi connectivity index (χ0) is 14.5. The number of hydrogen-bond acceptors (Lipinski definition) is 3. The summed E-state index contributed by atoms with van der Waals surface area (Å²) in [4.78, 5) is 11.5. The van der Waals surface area contributed by atoms with Crippen LogP contribution < -0.4 is 5.73 Å². The first-order chi connectivity index (χ1) is 8.96. The summed E-state index contributed by atoms with van der Waals surface area (Å²) in [5, 5.41) is 18.1. The van der Waals surface area contributed by atoms with Gasteiger partial charge >= 0.3 is 5.97 Å². The molecule has 4 nitrogen and oxygen atoms in total. The van der Waals surface area contributed by atoms with E-state index in [1.54, 1.807) is 0 Å². The summed E-state index contributed by atoms with van der Waals surface area (Å²) in [5.74, 6) is -2.90.